The molecule has 0 spiro atoms. The summed E-state index contributed by atoms with van der Waals surface area (Å²) in [5.41, 5.74) is 1.49. The van der Waals surface area contributed by atoms with Gasteiger partial charge in [0.2, 0.25) is 0 Å². The minimum Gasteiger partial charge on any atom is -0.490 e. The van der Waals surface area contributed by atoms with E-state index in [0.717, 1.165) is 6.42 Å². The van der Waals surface area contributed by atoms with E-state index in [0.29, 0.717) is 41.5 Å². The van der Waals surface area contributed by atoms with Crippen LogP contribution in [-0.2, 0) is 0 Å². The summed E-state index contributed by atoms with van der Waals surface area (Å²) in [5, 5.41) is 5.34. The van der Waals surface area contributed by atoms with Crippen molar-refractivity contribution in [1.29, 1.82) is 0 Å². The minimum atomic E-state index is -0.278. The molecule has 0 unspecified atom stereocenters. The summed E-state index contributed by atoms with van der Waals surface area (Å²) >= 11 is 0. The van der Waals surface area contributed by atoms with Gasteiger partial charge in [0, 0.05) is 30.3 Å². The molecule has 24 heavy (non-hydrogen) atoms. The van der Waals surface area contributed by atoms with Gasteiger partial charge in [-0.2, -0.15) is 0 Å². The van der Waals surface area contributed by atoms with Gasteiger partial charge in [0.15, 0.2) is 11.5 Å². The maximum Gasteiger partial charge on any atom is 0.255 e. The maximum absolute atomic E-state index is 12.4. The van der Waals surface area contributed by atoms with E-state index in [-0.39, 0.29) is 11.8 Å². The number of carbonyl (C=O) groups is 2. The first-order valence-corrected chi connectivity index (χ1v) is 7.70. The normalized spacial score (nSPS) is 12.9. The Bertz CT molecular complexity index is 773. The number of nitrogens with one attached hydrogen (secondary N) is 2. The lowest BCUT2D eigenvalue weighted by Gasteiger charge is -2.10. The zero-order chi connectivity index (χ0) is 16.9. The fraction of sp³-hybridized carbons (Fsp3) is 0.222. The van der Waals surface area contributed by atoms with E-state index in [1.807, 2.05) is 0 Å². The van der Waals surface area contributed by atoms with Gasteiger partial charge in [-0.15, -0.1) is 0 Å². The van der Waals surface area contributed by atoms with Crippen molar-refractivity contribution in [3.05, 3.63) is 53.6 Å². The molecular formula is C18H18N2O4. The van der Waals surface area contributed by atoms with Gasteiger partial charge in [-0.25, -0.2) is 0 Å². The zero-order valence-corrected chi connectivity index (χ0v) is 13.3. The van der Waals surface area contributed by atoms with Gasteiger partial charge in [-0.1, -0.05) is 6.07 Å². The molecule has 0 saturated carbocycles. The summed E-state index contributed by atoms with van der Waals surface area (Å²) in [6, 6.07) is 11.8. The van der Waals surface area contributed by atoms with E-state index < -0.39 is 0 Å². The second kappa shape index (κ2) is 7.04. The Morgan fingerprint density at radius 1 is 0.917 bits per heavy atom. The molecule has 0 saturated heterocycles. The van der Waals surface area contributed by atoms with E-state index >= 15 is 0 Å². The molecule has 2 aromatic carbocycles. The fourth-order valence-electron chi connectivity index (χ4n) is 2.39. The second-order valence-corrected chi connectivity index (χ2v) is 5.33. The summed E-state index contributed by atoms with van der Waals surface area (Å²) in [6.45, 7) is 1.16. The Labute approximate surface area is 139 Å². The Hall–Kier alpha value is -3.02. The van der Waals surface area contributed by atoms with E-state index in [9.17, 15) is 9.59 Å². The SMILES string of the molecule is CNC(=O)c1cccc(NC(=O)c2ccc3c(c2)OCCCO3)c1. The molecule has 1 aliphatic rings. The van der Waals surface area contributed by atoms with Crippen molar-refractivity contribution < 1.29 is 19.1 Å². The van der Waals surface area contributed by atoms with Crippen molar-refractivity contribution >= 4 is 17.5 Å². The van der Waals surface area contributed by atoms with Crippen LogP contribution in [0.15, 0.2) is 42.5 Å². The molecule has 1 heterocycles. The highest BCUT2D eigenvalue weighted by molar-refractivity contribution is 6.05. The maximum atomic E-state index is 12.4. The lowest BCUT2D eigenvalue weighted by atomic mass is 10.1. The number of anilines is 1. The van der Waals surface area contributed by atoms with Crippen molar-refractivity contribution in [1.82, 2.24) is 5.32 Å². The molecule has 0 fully saturated rings. The first-order chi connectivity index (χ1) is 11.7. The molecular weight excluding hydrogens is 308 g/mol. The molecule has 2 aromatic rings. The number of rotatable bonds is 3. The molecule has 124 valence electrons. The van der Waals surface area contributed by atoms with Crippen LogP contribution in [-0.4, -0.2) is 32.1 Å². The molecule has 6 nitrogen and oxygen atoms in total. The Balaban J connectivity index is 1.78. The van der Waals surface area contributed by atoms with Crippen molar-refractivity contribution in [2.75, 3.05) is 25.6 Å². The first kappa shape index (κ1) is 15.9. The number of amides is 2. The molecule has 0 bridgehead atoms. The lowest BCUT2D eigenvalue weighted by molar-refractivity contribution is 0.0961. The number of benzene rings is 2. The highest BCUT2D eigenvalue weighted by atomic mass is 16.5. The largest absolute Gasteiger partial charge is 0.490 e. The van der Waals surface area contributed by atoms with Gasteiger partial charge in [-0.3, -0.25) is 9.59 Å². The predicted molar refractivity (Wildman–Crippen MR) is 89.8 cm³/mol. The predicted octanol–water partition coefficient (Wildman–Crippen LogP) is 2.46. The van der Waals surface area contributed by atoms with Crippen LogP contribution in [0.3, 0.4) is 0 Å². The van der Waals surface area contributed by atoms with Gasteiger partial charge in [0.05, 0.1) is 13.2 Å². The third kappa shape index (κ3) is 3.48. The molecule has 6 heteroatoms. The van der Waals surface area contributed by atoms with Gasteiger partial charge in [0.25, 0.3) is 11.8 Å². The van der Waals surface area contributed by atoms with Crippen LogP contribution >= 0.6 is 0 Å². The van der Waals surface area contributed by atoms with Crippen molar-refractivity contribution in [3.63, 3.8) is 0 Å². The van der Waals surface area contributed by atoms with E-state index in [4.69, 9.17) is 9.47 Å². The quantitative estimate of drug-likeness (QED) is 0.908. The van der Waals surface area contributed by atoms with Crippen LogP contribution < -0.4 is 20.1 Å². The summed E-state index contributed by atoms with van der Waals surface area (Å²) in [5.74, 6) is 0.728. The van der Waals surface area contributed by atoms with Gasteiger partial charge >= 0.3 is 0 Å². The van der Waals surface area contributed by atoms with Gasteiger partial charge < -0.3 is 20.1 Å². The Morgan fingerprint density at radius 2 is 1.67 bits per heavy atom. The number of fused-ring (bicyclic) bond motifs is 1. The molecule has 0 radical (unpaired) electrons. The van der Waals surface area contributed by atoms with E-state index in [2.05, 4.69) is 10.6 Å². The van der Waals surface area contributed by atoms with E-state index in [1.54, 1.807) is 49.5 Å². The molecule has 2 amide bonds. The number of ether oxygens (including phenoxy) is 2. The van der Waals surface area contributed by atoms with Crippen molar-refractivity contribution in [2.24, 2.45) is 0 Å². The van der Waals surface area contributed by atoms with Gasteiger partial charge in [0.1, 0.15) is 0 Å². The molecule has 1 aliphatic heterocycles. The van der Waals surface area contributed by atoms with Gasteiger partial charge in [-0.05, 0) is 36.4 Å². The topological polar surface area (TPSA) is 76.7 Å². The first-order valence-electron chi connectivity index (χ1n) is 7.70. The second-order valence-electron chi connectivity index (χ2n) is 5.33. The van der Waals surface area contributed by atoms with Crippen LogP contribution in [0.5, 0.6) is 11.5 Å². The minimum absolute atomic E-state index is 0.207. The summed E-state index contributed by atoms with van der Waals surface area (Å²) in [6.07, 6.45) is 0.808. The third-order valence-electron chi connectivity index (χ3n) is 3.62. The van der Waals surface area contributed by atoms with Crippen LogP contribution in [0.25, 0.3) is 0 Å². The average molecular weight is 326 g/mol. The van der Waals surface area contributed by atoms with Crippen LogP contribution in [0, 0.1) is 0 Å². The highest BCUT2D eigenvalue weighted by Crippen LogP contribution is 2.30. The number of carbonyl (C=O) groups excluding carboxylic acids is 2. The van der Waals surface area contributed by atoms with E-state index in [1.165, 1.54) is 0 Å². The fourth-order valence-corrected chi connectivity index (χ4v) is 2.39. The van der Waals surface area contributed by atoms with Crippen molar-refractivity contribution in [3.8, 4) is 11.5 Å². The molecule has 3 rings (SSSR count). The smallest absolute Gasteiger partial charge is 0.255 e. The Morgan fingerprint density at radius 3 is 2.46 bits per heavy atom. The van der Waals surface area contributed by atoms with Crippen molar-refractivity contribution in [2.45, 2.75) is 6.42 Å². The average Bonchev–Trinajstić information content (AvgIpc) is 2.85. The third-order valence-corrected chi connectivity index (χ3v) is 3.62. The summed E-state index contributed by atoms with van der Waals surface area (Å²) < 4.78 is 11.2. The summed E-state index contributed by atoms with van der Waals surface area (Å²) in [7, 11) is 1.56. The lowest BCUT2D eigenvalue weighted by Crippen LogP contribution is -2.18. The van der Waals surface area contributed by atoms with Crippen LogP contribution in [0.2, 0.25) is 0 Å². The summed E-state index contributed by atoms with van der Waals surface area (Å²) in [4.78, 5) is 24.1. The zero-order valence-electron chi connectivity index (χ0n) is 13.3. The molecule has 0 aromatic heterocycles. The Kier molecular flexibility index (Phi) is 4.65. The van der Waals surface area contributed by atoms with Crippen LogP contribution in [0.4, 0.5) is 5.69 Å². The molecule has 2 N–H and O–H groups in total. The number of hydrogen-bond donors (Lipinski definition) is 2. The van der Waals surface area contributed by atoms with Crippen LogP contribution in [0.1, 0.15) is 27.1 Å². The standard InChI is InChI=1S/C18H18N2O4/c1-19-17(21)12-4-2-5-14(10-12)20-18(22)13-6-7-15-16(11-13)24-9-3-8-23-15/h2,4-7,10-11H,3,8-9H2,1H3,(H,19,21)(H,20,22). The monoisotopic (exact) mass is 326 g/mol. The number of hydrogen-bond acceptors (Lipinski definition) is 4. The molecule has 0 atom stereocenters. The molecule has 0 aliphatic carbocycles. The highest BCUT2D eigenvalue weighted by Gasteiger charge is 2.14.